The number of nitrogens with one attached hydrogen (secondary N) is 1. The van der Waals surface area contributed by atoms with Gasteiger partial charge in [0.05, 0.1) is 18.5 Å². The van der Waals surface area contributed by atoms with Crippen molar-refractivity contribution < 1.29 is 19.5 Å². The topological polar surface area (TPSA) is 127 Å². The van der Waals surface area contributed by atoms with Gasteiger partial charge >= 0.3 is 5.97 Å². The molecule has 0 aliphatic heterocycles. The number of carboxylic acid groups (broad SMARTS) is 1. The van der Waals surface area contributed by atoms with E-state index in [1.165, 1.54) is 11.3 Å². The van der Waals surface area contributed by atoms with Crippen LogP contribution in [0.15, 0.2) is 17.8 Å². The average molecular weight is 296 g/mol. The first-order chi connectivity index (χ1) is 9.45. The fourth-order valence-electron chi connectivity index (χ4n) is 1.67. The lowest BCUT2D eigenvalue weighted by Gasteiger charge is -2.11. The fourth-order valence-corrected chi connectivity index (χ4v) is 2.39. The van der Waals surface area contributed by atoms with Crippen molar-refractivity contribution in [1.29, 1.82) is 0 Å². The van der Waals surface area contributed by atoms with Crippen LogP contribution in [-0.4, -0.2) is 38.3 Å². The number of hydrogen-bond acceptors (Lipinski definition) is 5. The molecule has 0 bridgehead atoms. The highest BCUT2D eigenvalue weighted by molar-refractivity contribution is 7.15. The fraction of sp³-hybridized carbons (Fsp3) is 0.273. The van der Waals surface area contributed by atoms with Crippen molar-refractivity contribution >= 4 is 34.1 Å². The summed E-state index contributed by atoms with van der Waals surface area (Å²) in [6.45, 7) is 0. The Hall–Kier alpha value is -2.42. The van der Waals surface area contributed by atoms with Crippen LogP contribution in [0.25, 0.3) is 4.96 Å². The number of carbonyl (C=O) groups excluding carboxylic acids is 2. The first kappa shape index (κ1) is 14.0. The van der Waals surface area contributed by atoms with Crippen LogP contribution in [-0.2, 0) is 20.8 Å². The Morgan fingerprint density at radius 3 is 2.85 bits per heavy atom. The minimum absolute atomic E-state index is 0.0586. The standard InChI is InChI=1S/C11H12N4O4S/c12-8(16)4-7(10(18)19)14-9(17)3-6-5-15-1-2-20-11(15)13-6/h1-2,5,7H,3-4H2,(H2,12,16)(H,14,17)(H,18,19). The summed E-state index contributed by atoms with van der Waals surface area (Å²) in [5, 5.41) is 13.0. The molecule has 0 aromatic carbocycles. The summed E-state index contributed by atoms with van der Waals surface area (Å²) in [5.41, 5.74) is 5.45. The molecule has 1 unspecified atom stereocenters. The van der Waals surface area contributed by atoms with Gasteiger partial charge in [-0.1, -0.05) is 0 Å². The number of aromatic nitrogens is 2. The second kappa shape index (κ2) is 5.70. The first-order valence-corrected chi connectivity index (χ1v) is 6.55. The van der Waals surface area contributed by atoms with Gasteiger partial charge in [0.15, 0.2) is 4.96 Å². The first-order valence-electron chi connectivity index (χ1n) is 5.67. The summed E-state index contributed by atoms with van der Waals surface area (Å²) < 4.78 is 1.77. The summed E-state index contributed by atoms with van der Waals surface area (Å²) in [6, 6.07) is -1.32. The predicted molar refractivity (Wildman–Crippen MR) is 70.2 cm³/mol. The number of fused-ring (bicyclic) bond motifs is 1. The Bertz CT molecular complexity index is 634. The maximum absolute atomic E-state index is 11.7. The van der Waals surface area contributed by atoms with Gasteiger partial charge in [0, 0.05) is 17.8 Å². The molecule has 8 nitrogen and oxygen atoms in total. The smallest absolute Gasteiger partial charge is 0.326 e. The summed E-state index contributed by atoms with van der Waals surface area (Å²) >= 11 is 1.43. The van der Waals surface area contributed by atoms with Crippen LogP contribution in [0.4, 0.5) is 0 Å². The predicted octanol–water partition coefficient (Wildman–Crippen LogP) is -0.617. The highest BCUT2D eigenvalue weighted by atomic mass is 32.1. The third kappa shape index (κ3) is 3.32. The Balaban J connectivity index is 1.98. The molecule has 0 saturated carbocycles. The molecule has 4 N–H and O–H groups in total. The molecule has 0 saturated heterocycles. The van der Waals surface area contributed by atoms with Crippen LogP contribution in [0.3, 0.4) is 0 Å². The lowest BCUT2D eigenvalue weighted by Crippen LogP contribution is -2.43. The quantitative estimate of drug-likeness (QED) is 0.655. The summed E-state index contributed by atoms with van der Waals surface area (Å²) in [7, 11) is 0. The number of nitrogens with two attached hydrogens (primary N) is 1. The highest BCUT2D eigenvalue weighted by Gasteiger charge is 2.22. The zero-order valence-corrected chi connectivity index (χ0v) is 11.1. The lowest BCUT2D eigenvalue weighted by molar-refractivity contribution is -0.143. The van der Waals surface area contributed by atoms with E-state index in [9.17, 15) is 14.4 Å². The number of nitrogens with zero attached hydrogens (tertiary/aromatic N) is 2. The normalized spacial score (nSPS) is 12.2. The van der Waals surface area contributed by atoms with E-state index >= 15 is 0 Å². The van der Waals surface area contributed by atoms with Crippen LogP contribution in [0.2, 0.25) is 0 Å². The monoisotopic (exact) mass is 296 g/mol. The minimum atomic E-state index is -1.32. The number of imidazole rings is 1. The average Bonchev–Trinajstić information content (AvgIpc) is 2.87. The van der Waals surface area contributed by atoms with E-state index in [0.717, 1.165) is 4.96 Å². The summed E-state index contributed by atoms with van der Waals surface area (Å²) in [4.78, 5) is 38.3. The zero-order valence-electron chi connectivity index (χ0n) is 10.3. The van der Waals surface area contributed by atoms with Gasteiger partial charge in [0.25, 0.3) is 0 Å². The Kier molecular flexibility index (Phi) is 3.99. The Morgan fingerprint density at radius 1 is 1.50 bits per heavy atom. The van der Waals surface area contributed by atoms with Gasteiger partial charge in [-0.05, 0) is 0 Å². The number of carbonyl (C=O) groups is 3. The van der Waals surface area contributed by atoms with Gasteiger partial charge < -0.3 is 16.2 Å². The van der Waals surface area contributed by atoms with Gasteiger partial charge in [0.2, 0.25) is 11.8 Å². The molecule has 0 fully saturated rings. The van der Waals surface area contributed by atoms with Gasteiger partial charge in [-0.2, -0.15) is 0 Å². The second-order valence-corrected chi connectivity index (χ2v) is 5.00. The van der Waals surface area contributed by atoms with Crippen molar-refractivity contribution in [2.24, 2.45) is 5.73 Å². The van der Waals surface area contributed by atoms with Gasteiger partial charge in [0.1, 0.15) is 6.04 Å². The number of aliphatic carboxylic acids is 1. The van der Waals surface area contributed by atoms with E-state index in [1.54, 1.807) is 10.6 Å². The molecule has 2 aromatic rings. The third-order valence-electron chi connectivity index (χ3n) is 2.52. The van der Waals surface area contributed by atoms with Crippen LogP contribution in [0.5, 0.6) is 0 Å². The third-order valence-corrected chi connectivity index (χ3v) is 3.29. The van der Waals surface area contributed by atoms with Gasteiger partial charge in [-0.15, -0.1) is 11.3 Å². The zero-order chi connectivity index (χ0) is 14.7. The SMILES string of the molecule is NC(=O)CC(NC(=O)Cc1cn2ccsc2n1)C(=O)O. The Labute approximate surface area is 117 Å². The molecule has 2 aromatic heterocycles. The molecule has 106 valence electrons. The number of carboxylic acids is 1. The lowest BCUT2D eigenvalue weighted by atomic mass is 10.2. The van der Waals surface area contributed by atoms with E-state index < -0.39 is 30.2 Å². The molecule has 0 aliphatic carbocycles. The molecular weight excluding hydrogens is 284 g/mol. The highest BCUT2D eigenvalue weighted by Crippen LogP contribution is 2.11. The largest absolute Gasteiger partial charge is 0.480 e. The second-order valence-electron chi connectivity index (χ2n) is 4.13. The number of thiazole rings is 1. The van der Waals surface area contributed by atoms with Crippen molar-refractivity contribution in [3.63, 3.8) is 0 Å². The van der Waals surface area contributed by atoms with Crippen LogP contribution in [0.1, 0.15) is 12.1 Å². The van der Waals surface area contributed by atoms with E-state index in [2.05, 4.69) is 10.3 Å². The van der Waals surface area contributed by atoms with E-state index in [1.807, 2.05) is 11.6 Å². The molecule has 0 radical (unpaired) electrons. The van der Waals surface area contributed by atoms with E-state index in [-0.39, 0.29) is 6.42 Å². The van der Waals surface area contributed by atoms with Crippen LogP contribution in [0, 0.1) is 0 Å². The Morgan fingerprint density at radius 2 is 2.25 bits per heavy atom. The van der Waals surface area contributed by atoms with Crippen LogP contribution < -0.4 is 11.1 Å². The summed E-state index contributed by atoms with van der Waals surface area (Å²) in [5.74, 6) is -2.62. The number of primary amides is 1. The molecular formula is C11H12N4O4S. The molecule has 9 heteroatoms. The molecule has 20 heavy (non-hydrogen) atoms. The van der Waals surface area contributed by atoms with Crippen molar-refractivity contribution in [3.8, 4) is 0 Å². The summed E-state index contributed by atoms with van der Waals surface area (Å²) in [6.07, 6.45) is 2.99. The van der Waals surface area contributed by atoms with Crippen molar-refractivity contribution in [3.05, 3.63) is 23.5 Å². The number of rotatable bonds is 6. The molecule has 2 rings (SSSR count). The number of hydrogen-bond donors (Lipinski definition) is 3. The maximum atomic E-state index is 11.7. The molecule has 2 heterocycles. The van der Waals surface area contributed by atoms with Crippen molar-refractivity contribution in [2.45, 2.75) is 18.9 Å². The molecule has 0 spiro atoms. The molecule has 0 aliphatic rings. The maximum Gasteiger partial charge on any atom is 0.326 e. The van der Waals surface area contributed by atoms with Gasteiger partial charge in [-0.3, -0.25) is 14.0 Å². The molecule has 1 atom stereocenters. The van der Waals surface area contributed by atoms with Gasteiger partial charge in [-0.25, -0.2) is 9.78 Å². The van der Waals surface area contributed by atoms with Crippen LogP contribution >= 0.6 is 11.3 Å². The minimum Gasteiger partial charge on any atom is -0.480 e. The van der Waals surface area contributed by atoms with E-state index in [4.69, 9.17) is 10.8 Å². The molecule has 2 amide bonds. The van der Waals surface area contributed by atoms with E-state index in [0.29, 0.717) is 5.69 Å². The van der Waals surface area contributed by atoms with Crippen molar-refractivity contribution in [2.75, 3.05) is 0 Å². The van der Waals surface area contributed by atoms with Crippen molar-refractivity contribution in [1.82, 2.24) is 14.7 Å². The number of amides is 2.